The van der Waals surface area contributed by atoms with E-state index >= 15 is 0 Å². The Morgan fingerprint density at radius 1 is 1.06 bits per heavy atom. The van der Waals surface area contributed by atoms with Crippen LogP contribution in [0.4, 0.5) is 0 Å². The number of para-hydroxylation sites is 1. The number of hydrogen-bond acceptors (Lipinski definition) is 3. The predicted octanol–water partition coefficient (Wildman–Crippen LogP) is 2.16. The summed E-state index contributed by atoms with van der Waals surface area (Å²) in [6.07, 6.45) is 1.73. The van der Waals surface area contributed by atoms with Crippen molar-refractivity contribution in [3.8, 4) is 5.75 Å². The van der Waals surface area contributed by atoms with Gasteiger partial charge in [0.1, 0.15) is 12.4 Å². The highest BCUT2D eigenvalue weighted by Crippen LogP contribution is 2.12. The molecule has 82 valence electrons. The molecule has 0 fully saturated rings. The van der Waals surface area contributed by atoms with E-state index in [1.54, 1.807) is 6.20 Å². The molecule has 0 saturated carbocycles. The molecule has 3 heteroatoms. The third-order valence-corrected chi connectivity index (χ3v) is 2.24. The first-order valence-electron chi connectivity index (χ1n) is 5.20. The molecule has 2 aromatic rings. The van der Waals surface area contributed by atoms with Gasteiger partial charge in [-0.1, -0.05) is 24.3 Å². The maximum Gasteiger partial charge on any atom is 0.119 e. The monoisotopic (exact) mass is 214 g/mol. The summed E-state index contributed by atoms with van der Waals surface area (Å²) in [5.41, 5.74) is 6.80. The SMILES string of the molecule is NC(COc1ccccc1)c1ccccn1. The summed E-state index contributed by atoms with van der Waals surface area (Å²) in [6, 6.07) is 15.1. The minimum atomic E-state index is -0.193. The molecule has 1 heterocycles. The van der Waals surface area contributed by atoms with Gasteiger partial charge in [-0.15, -0.1) is 0 Å². The molecule has 0 aliphatic heterocycles. The summed E-state index contributed by atoms with van der Waals surface area (Å²) in [5, 5.41) is 0. The van der Waals surface area contributed by atoms with Crippen molar-refractivity contribution < 1.29 is 4.74 Å². The van der Waals surface area contributed by atoms with Gasteiger partial charge in [0.2, 0.25) is 0 Å². The lowest BCUT2D eigenvalue weighted by molar-refractivity contribution is 0.288. The van der Waals surface area contributed by atoms with Crippen molar-refractivity contribution in [3.63, 3.8) is 0 Å². The Morgan fingerprint density at radius 3 is 2.50 bits per heavy atom. The largest absolute Gasteiger partial charge is 0.492 e. The molecule has 1 atom stereocenters. The van der Waals surface area contributed by atoms with Crippen LogP contribution in [0, 0.1) is 0 Å². The Hall–Kier alpha value is -1.87. The lowest BCUT2D eigenvalue weighted by Crippen LogP contribution is -2.19. The fraction of sp³-hybridized carbons (Fsp3) is 0.154. The van der Waals surface area contributed by atoms with Crippen LogP contribution in [0.5, 0.6) is 5.75 Å². The normalized spacial score (nSPS) is 12.1. The quantitative estimate of drug-likeness (QED) is 0.848. The van der Waals surface area contributed by atoms with E-state index in [1.165, 1.54) is 0 Å². The fourth-order valence-electron chi connectivity index (χ4n) is 1.38. The third kappa shape index (κ3) is 2.81. The fourth-order valence-corrected chi connectivity index (χ4v) is 1.38. The molecule has 2 rings (SSSR count). The van der Waals surface area contributed by atoms with Gasteiger partial charge in [-0.25, -0.2) is 0 Å². The summed E-state index contributed by atoms with van der Waals surface area (Å²) in [7, 11) is 0. The van der Waals surface area contributed by atoms with Crippen LogP contribution in [0.25, 0.3) is 0 Å². The zero-order valence-electron chi connectivity index (χ0n) is 8.91. The van der Waals surface area contributed by atoms with Crippen LogP contribution >= 0.6 is 0 Å². The van der Waals surface area contributed by atoms with E-state index in [9.17, 15) is 0 Å². The number of nitrogens with two attached hydrogens (primary N) is 1. The minimum Gasteiger partial charge on any atom is -0.492 e. The van der Waals surface area contributed by atoms with Crippen molar-refractivity contribution >= 4 is 0 Å². The third-order valence-electron chi connectivity index (χ3n) is 2.24. The van der Waals surface area contributed by atoms with Crippen LogP contribution in [0.2, 0.25) is 0 Å². The maximum absolute atomic E-state index is 5.96. The van der Waals surface area contributed by atoms with Crippen molar-refractivity contribution in [3.05, 3.63) is 60.4 Å². The van der Waals surface area contributed by atoms with Crippen LogP contribution in [0.15, 0.2) is 54.7 Å². The van der Waals surface area contributed by atoms with Gasteiger partial charge in [0.05, 0.1) is 11.7 Å². The number of aromatic nitrogens is 1. The highest BCUT2D eigenvalue weighted by Gasteiger charge is 2.07. The molecule has 0 amide bonds. The maximum atomic E-state index is 5.96. The number of hydrogen-bond donors (Lipinski definition) is 1. The predicted molar refractivity (Wildman–Crippen MR) is 63.1 cm³/mol. The Bertz CT molecular complexity index is 416. The van der Waals surface area contributed by atoms with Crippen molar-refractivity contribution in [2.24, 2.45) is 5.73 Å². The molecule has 2 N–H and O–H groups in total. The van der Waals surface area contributed by atoms with Gasteiger partial charge in [0, 0.05) is 6.20 Å². The topological polar surface area (TPSA) is 48.1 Å². The van der Waals surface area contributed by atoms with Crippen molar-refractivity contribution in [1.29, 1.82) is 0 Å². The molecular formula is C13H14N2O. The molecule has 3 nitrogen and oxygen atoms in total. The highest BCUT2D eigenvalue weighted by molar-refractivity contribution is 5.21. The first kappa shape index (κ1) is 10.6. The smallest absolute Gasteiger partial charge is 0.119 e. The first-order valence-corrected chi connectivity index (χ1v) is 5.20. The average Bonchev–Trinajstić information content (AvgIpc) is 2.38. The molecule has 1 aromatic heterocycles. The lowest BCUT2D eigenvalue weighted by atomic mass is 10.2. The number of nitrogens with zero attached hydrogens (tertiary/aromatic N) is 1. The second-order valence-electron chi connectivity index (χ2n) is 3.49. The number of benzene rings is 1. The van der Waals surface area contributed by atoms with E-state index in [4.69, 9.17) is 10.5 Å². The zero-order chi connectivity index (χ0) is 11.2. The molecule has 1 aromatic carbocycles. The molecule has 0 bridgehead atoms. The Morgan fingerprint density at radius 2 is 1.81 bits per heavy atom. The van der Waals surface area contributed by atoms with Crippen molar-refractivity contribution in [2.45, 2.75) is 6.04 Å². The van der Waals surface area contributed by atoms with E-state index in [2.05, 4.69) is 4.98 Å². The molecule has 1 unspecified atom stereocenters. The lowest BCUT2D eigenvalue weighted by Gasteiger charge is -2.12. The van der Waals surface area contributed by atoms with Gasteiger partial charge in [0.25, 0.3) is 0 Å². The Labute approximate surface area is 94.9 Å². The molecule has 16 heavy (non-hydrogen) atoms. The van der Waals surface area contributed by atoms with Gasteiger partial charge >= 0.3 is 0 Å². The summed E-state index contributed by atoms with van der Waals surface area (Å²) in [4.78, 5) is 4.19. The second-order valence-corrected chi connectivity index (χ2v) is 3.49. The van der Waals surface area contributed by atoms with E-state index < -0.39 is 0 Å². The van der Waals surface area contributed by atoms with Gasteiger partial charge in [0.15, 0.2) is 0 Å². The number of ether oxygens (including phenoxy) is 1. The second kappa shape index (κ2) is 5.28. The van der Waals surface area contributed by atoms with E-state index in [0.29, 0.717) is 6.61 Å². The summed E-state index contributed by atoms with van der Waals surface area (Å²) in [6.45, 7) is 0.432. The summed E-state index contributed by atoms with van der Waals surface area (Å²) in [5.74, 6) is 0.828. The Balaban J connectivity index is 1.92. The van der Waals surface area contributed by atoms with Crippen LogP contribution in [-0.4, -0.2) is 11.6 Å². The van der Waals surface area contributed by atoms with Crippen molar-refractivity contribution in [1.82, 2.24) is 4.98 Å². The van der Waals surface area contributed by atoms with Crippen LogP contribution < -0.4 is 10.5 Å². The molecule has 0 aliphatic carbocycles. The summed E-state index contributed by atoms with van der Waals surface area (Å²) < 4.78 is 5.56. The van der Waals surface area contributed by atoms with E-state index in [-0.39, 0.29) is 6.04 Å². The number of rotatable bonds is 4. The van der Waals surface area contributed by atoms with Gasteiger partial charge < -0.3 is 10.5 Å². The van der Waals surface area contributed by atoms with Crippen molar-refractivity contribution in [2.75, 3.05) is 6.61 Å². The van der Waals surface area contributed by atoms with E-state index in [0.717, 1.165) is 11.4 Å². The van der Waals surface area contributed by atoms with Gasteiger partial charge in [-0.3, -0.25) is 4.98 Å². The van der Waals surface area contributed by atoms with Gasteiger partial charge in [-0.05, 0) is 24.3 Å². The average molecular weight is 214 g/mol. The molecule has 0 radical (unpaired) electrons. The number of pyridine rings is 1. The van der Waals surface area contributed by atoms with Gasteiger partial charge in [-0.2, -0.15) is 0 Å². The standard InChI is InChI=1S/C13H14N2O/c14-12(13-8-4-5-9-15-13)10-16-11-6-2-1-3-7-11/h1-9,12H,10,14H2. The first-order chi connectivity index (χ1) is 7.86. The van der Waals surface area contributed by atoms with Crippen LogP contribution in [-0.2, 0) is 0 Å². The molecule has 0 saturated heterocycles. The summed E-state index contributed by atoms with van der Waals surface area (Å²) >= 11 is 0. The van der Waals surface area contributed by atoms with Crippen LogP contribution in [0.1, 0.15) is 11.7 Å². The van der Waals surface area contributed by atoms with Crippen LogP contribution in [0.3, 0.4) is 0 Å². The zero-order valence-corrected chi connectivity index (χ0v) is 8.91. The minimum absolute atomic E-state index is 0.193. The Kier molecular flexibility index (Phi) is 3.51. The molecule has 0 spiro atoms. The molecule has 0 aliphatic rings. The molecular weight excluding hydrogens is 200 g/mol. The van der Waals surface area contributed by atoms with E-state index in [1.807, 2.05) is 48.5 Å². The highest BCUT2D eigenvalue weighted by atomic mass is 16.5.